The van der Waals surface area contributed by atoms with E-state index >= 15 is 0 Å². The van der Waals surface area contributed by atoms with E-state index in [0.29, 0.717) is 5.75 Å². The molecule has 7 heteroatoms. The predicted octanol–water partition coefficient (Wildman–Crippen LogP) is 2.99. The van der Waals surface area contributed by atoms with Gasteiger partial charge in [-0.3, -0.25) is 0 Å². The van der Waals surface area contributed by atoms with Crippen molar-refractivity contribution < 1.29 is 19.7 Å². The Bertz CT molecular complexity index is 552. The summed E-state index contributed by atoms with van der Waals surface area (Å²) in [6.07, 6.45) is 0. The molecule has 0 aliphatic rings. The maximum Gasteiger partial charge on any atom is 0.349 e. The van der Waals surface area contributed by atoms with E-state index in [1.165, 1.54) is 24.3 Å². The minimum absolute atomic E-state index is 0.0690. The number of hydrogen-bond donors (Lipinski definition) is 2. The highest BCUT2D eigenvalue weighted by Crippen LogP contribution is 2.32. The van der Waals surface area contributed by atoms with Crippen LogP contribution in [0, 0.1) is 0 Å². The highest BCUT2D eigenvalue weighted by Gasteiger charge is 2.16. The molecule has 0 saturated carbocycles. The number of rotatable bonds is 3. The fourth-order valence-electron chi connectivity index (χ4n) is 1.07. The third-order valence-corrected chi connectivity index (χ3v) is 3.11. The standard InChI is InChI=1S/C10H6ClNO4S/c11-8-7(9(14)15)17-10(12-8)16-6-3-1-5(13)2-4-6/h1-4,13H,(H,14,15). The lowest BCUT2D eigenvalue weighted by Gasteiger charge is -2.00. The van der Waals surface area contributed by atoms with E-state index in [-0.39, 0.29) is 21.0 Å². The minimum Gasteiger partial charge on any atom is -0.508 e. The first-order chi connectivity index (χ1) is 8.06. The van der Waals surface area contributed by atoms with Crippen LogP contribution in [0.2, 0.25) is 5.15 Å². The van der Waals surface area contributed by atoms with Crippen molar-refractivity contribution in [1.82, 2.24) is 4.98 Å². The molecule has 0 unspecified atom stereocenters. The molecular formula is C10H6ClNO4S. The van der Waals surface area contributed by atoms with Crippen LogP contribution in [0.3, 0.4) is 0 Å². The van der Waals surface area contributed by atoms with Crippen molar-refractivity contribution >= 4 is 28.9 Å². The summed E-state index contributed by atoms with van der Waals surface area (Å²) in [5.41, 5.74) is 0. The van der Waals surface area contributed by atoms with Crippen molar-refractivity contribution in [3.8, 4) is 16.7 Å². The first kappa shape index (κ1) is 11.7. The third-order valence-electron chi connectivity index (χ3n) is 1.80. The van der Waals surface area contributed by atoms with E-state index < -0.39 is 5.97 Å². The number of nitrogens with zero attached hydrogens (tertiary/aromatic N) is 1. The van der Waals surface area contributed by atoms with Crippen molar-refractivity contribution in [2.24, 2.45) is 0 Å². The smallest absolute Gasteiger partial charge is 0.349 e. The maximum atomic E-state index is 10.7. The number of aromatic nitrogens is 1. The Hall–Kier alpha value is -1.79. The van der Waals surface area contributed by atoms with Crippen LogP contribution in [0.4, 0.5) is 0 Å². The number of hydrogen-bond acceptors (Lipinski definition) is 5. The SMILES string of the molecule is O=C(O)c1sc(Oc2ccc(O)cc2)nc1Cl. The Morgan fingerprint density at radius 2 is 2.00 bits per heavy atom. The molecule has 0 amide bonds. The van der Waals surface area contributed by atoms with Crippen molar-refractivity contribution in [3.05, 3.63) is 34.3 Å². The molecular weight excluding hydrogens is 266 g/mol. The molecule has 0 aliphatic carbocycles. The van der Waals surface area contributed by atoms with Gasteiger partial charge in [-0.05, 0) is 24.3 Å². The van der Waals surface area contributed by atoms with Crippen molar-refractivity contribution in [2.45, 2.75) is 0 Å². The number of halogens is 1. The van der Waals surface area contributed by atoms with E-state index in [1.807, 2.05) is 0 Å². The molecule has 2 N–H and O–H groups in total. The molecule has 0 saturated heterocycles. The molecule has 0 atom stereocenters. The monoisotopic (exact) mass is 271 g/mol. The van der Waals surface area contributed by atoms with Gasteiger partial charge in [0.2, 0.25) is 0 Å². The van der Waals surface area contributed by atoms with Gasteiger partial charge in [-0.1, -0.05) is 22.9 Å². The van der Waals surface area contributed by atoms with Gasteiger partial charge in [-0.25, -0.2) is 4.79 Å². The Labute approximate surface area is 105 Å². The molecule has 0 bridgehead atoms. The van der Waals surface area contributed by atoms with E-state index in [2.05, 4.69) is 4.98 Å². The molecule has 0 spiro atoms. The van der Waals surface area contributed by atoms with Gasteiger partial charge in [0.1, 0.15) is 11.5 Å². The molecule has 1 aromatic carbocycles. The van der Waals surface area contributed by atoms with Crippen LogP contribution in [0.25, 0.3) is 0 Å². The van der Waals surface area contributed by atoms with E-state index in [4.69, 9.17) is 26.6 Å². The van der Waals surface area contributed by atoms with Gasteiger partial charge in [0.25, 0.3) is 5.19 Å². The average Bonchev–Trinajstić information content (AvgIpc) is 2.63. The summed E-state index contributed by atoms with van der Waals surface area (Å²) in [5.74, 6) is -0.598. The second-order valence-corrected chi connectivity index (χ2v) is 4.32. The average molecular weight is 272 g/mol. The maximum absolute atomic E-state index is 10.7. The van der Waals surface area contributed by atoms with Crippen LogP contribution >= 0.6 is 22.9 Å². The van der Waals surface area contributed by atoms with Crippen molar-refractivity contribution in [3.63, 3.8) is 0 Å². The van der Waals surface area contributed by atoms with Crippen LogP contribution in [0.1, 0.15) is 9.67 Å². The van der Waals surface area contributed by atoms with Gasteiger partial charge in [-0.2, -0.15) is 4.98 Å². The number of carboxylic acid groups (broad SMARTS) is 1. The minimum atomic E-state index is -1.15. The van der Waals surface area contributed by atoms with E-state index in [0.717, 1.165) is 11.3 Å². The summed E-state index contributed by atoms with van der Waals surface area (Å²) < 4.78 is 5.29. The molecule has 5 nitrogen and oxygen atoms in total. The molecule has 2 aromatic rings. The highest BCUT2D eigenvalue weighted by atomic mass is 35.5. The molecule has 88 valence electrons. The number of carboxylic acids is 1. The van der Waals surface area contributed by atoms with E-state index in [9.17, 15) is 4.79 Å². The fraction of sp³-hybridized carbons (Fsp3) is 0. The van der Waals surface area contributed by atoms with Gasteiger partial charge in [0.05, 0.1) is 0 Å². The van der Waals surface area contributed by atoms with Gasteiger partial charge >= 0.3 is 5.97 Å². The summed E-state index contributed by atoms with van der Waals surface area (Å²) in [7, 11) is 0. The molecule has 2 rings (SSSR count). The first-order valence-corrected chi connectivity index (χ1v) is 5.62. The predicted molar refractivity (Wildman–Crippen MR) is 62.3 cm³/mol. The summed E-state index contributed by atoms with van der Waals surface area (Å²) in [4.78, 5) is 14.4. The van der Waals surface area contributed by atoms with Crippen LogP contribution in [0.15, 0.2) is 24.3 Å². The normalized spacial score (nSPS) is 10.2. The molecule has 0 fully saturated rings. The number of aromatic carboxylic acids is 1. The van der Waals surface area contributed by atoms with E-state index in [1.54, 1.807) is 0 Å². The van der Waals surface area contributed by atoms with Gasteiger partial charge in [-0.15, -0.1) is 0 Å². The molecule has 0 radical (unpaired) electrons. The number of ether oxygens (including phenoxy) is 1. The number of benzene rings is 1. The first-order valence-electron chi connectivity index (χ1n) is 4.43. The van der Waals surface area contributed by atoms with Crippen LogP contribution in [0.5, 0.6) is 16.7 Å². The summed E-state index contributed by atoms with van der Waals surface area (Å²) in [6.45, 7) is 0. The zero-order valence-corrected chi connectivity index (χ0v) is 9.83. The van der Waals surface area contributed by atoms with Crippen LogP contribution in [-0.4, -0.2) is 21.2 Å². The highest BCUT2D eigenvalue weighted by molar-refractivity contribution is 7.15. The number of carbonyl (C=O) groups is 1. The Balaban J connectivity index is 2.22. The fourth-order valence-corrected chi connectivity index (χ4v) is 2.06. The Morgan fingerprint density at radius 3 is 2.53 bits per heavy atom. The second-order valence-electron chi connectivity index (χ2n) is 3.00. The van der Waals surface area contributed by atoms with Crippen molar-refractivity contribution in [2.75, 3.05) is 0 Å². The largest absolute Gasteiger partial charge is 0.508 e. The lowest BCUT2D eigenvalue weighted by molar-refractivity contribution is 0.0702. The molecule has 17 heavy (non-hydrogen) atoms. The Morgan fingerprint density at radius 1 is 1.35 bits per heavy atom. The summed E-state index contributed by atoms with van der Waals surface area (Å²) in [6, 6.07) is 5.96. The molecule has 1 aromatic heterocycles. The van der Waals surface area contributed by atoms with Crippen LogP contribution in [-0.2, 0) is 0 Å². The Kier molecular flexibility index (Phi) is 3.16. The third kappa shape index (κ3) is 2.66. The zero-order valence-electron chi connectivity index (χ0n) is 8.25. The topological polar surface area (TPSA) is 79.7 Å². The quantitative estimate of drug-likeness (QED) is 0.897. The van der Waals surface area contributed by atoms with Gasteiger partial charge < -0.3 is 14.9 Å². The van der Waals surface area contributed by atoms with Gasteiger partial charge in [0, 0.05) is 0 Å². The zero-order chi connectivity index (χ0) is 12.4. The number of phenolic OH excluding ortho intramolecular Hbond substituents is 1. The lowest BCUT2D eigenvalue weighted by atomic mass is 10.3. The number of thiazole rings is 1. The molecule has 1 heterocycles. The second kappa shape index (κ2) is 4.60. The lowest BCUT2D eigenvalue weighted by Crippen LogP contribution is -1.91. The molecule has 0 aliphatic heterocycles. The summed E-state index contributed by atoms with van der Waals surface area (Å²) >= 11 is 6.47. The number of phenols is 1. The summed E-state index contributed by atoms with van der Waals surface area (Å²) in [5, 5.41) is 17.9. The van der Waals surface area contributed by atoms with Crippen molar-refractivity contribution in [1.29, 1.82) is 0 Å². The van der Waals surface area contributed by atoms with Gasteiger partial charge in [0.15, 0.2) is 10.0 Å². The van der Waals surface area contributed by atoms with Crippen LogP contribution < -0.4 is 4.74 Å². The number of aromatic hydroxyl groups is 1.